The third-order valence-electron chi connectivity index (χ3n) is 3.45. The molecule has 0 unspecified atom stereocenters. The topological polar surface area (TPSA) is 0 Å². The number of aryl methyl sites for hydroxylation is 2. The van der Waals surface area contributed by atoms with Crippen LogP contribution in [0.15, 0.2) is 36.4 Å². The number of halogens is 2. The molecule has 2 rings (SSSR count). The minimum absolute atomic E-state index is 0. The van der Waals surface area contributed by atoms with Gasteiger partial charge in [-0.2, -0.15) is 52.6 Å². The third-order valence-corrected chi connectivity index (χ3v) is 3.45. The second-order valence-electron chi connectivity index (χ2n) is 5.68. The van der Waals surface area contributed by atoms with Crippen LogP contribution < -0.4 is 24.8 Å². The first-order valence-electron chi connectivity index (χ1n) is 6.87. The van der Waals surface area contributed by atoms with Gasteiger partial charge in [0.25, 0.3) is 0 Å². The average molecular weight is 492 g/mol. The van der Waals surface area contributed by atoms with E-state index in [0.29, 0.717) is 11.8 Å². The second-order valence-corrected chi connectivity index (χ2v) is 5.68. The first-order chi connectivity index (χ1) is 8.41. The van der Waals surface area contributed by atoms with Crippen molar-refractivity contribution < 1.29 is 50.7 Å². The van der Waals surface area contributed by atoms with E-state index in [-0.39, 0.29) is 50.7 Å². The summed E-state index contributed by atoms with van der Waals surface area (Å²) >= 11 is 0. The predicted molar refractivity (Wildman–Crippen MR) is 81.7 cm³/mol. The van der Waals surface area contributed by atoms with Gasteiger partial charge in [0.2, 0.25) is 0 Å². The molecule has 0 nitrogen and oxygen atoms in total. The van der Waals surface area contributed by atoms with E-state index in [9.17, 15) is 0 Å². The quantitative estimate of drug-likeness (QED) is 0.399. The van der Waals surface area contributed by atoms with Crippen molar-refractivity contribution in [1.82, 2.24) is 0 Å². The van der Waals surface area contributed by atoms with Crippen LogP contribution in [-0.4, -0.2) is 0 Å². The first kappa shape index (κ1) is 26.1. The van der Waals surface area contributed by atoms with E-state index in [1.54, 1.807) is 0 Å². The van der Waals surface area contributed by atoms with Gasteiger partial charge in [-0.1, -0.05) is 47.5 Å². The molecule has 0 saturated carbocycles. The van der Waals surface area contributed by atoms with Crippen molar-refractivity contribution in [2.24, 2.45) is 0 Å². The smallest absolute Gasteiger partial charge is 1.00 e. The molecule has 0 aliphatic heterocycles. The predicted octanol–water partition coefficient (Wildman–Crippen LogP) is -0.320. The van der Waals surface area contributed by atoms with Gasteiger partial charge in [0.1, 0.15) is 0 Å². The van der Waals surface area contributed by atoms with Gasteiger partial charge in [-0.05, 0) is 5.92 Å². The summed E-state index contributed by atoms with van der Waals surface area (Å²) in [4.78, 5) is 0. The van der Waals surface area contributed by atoms with Crippen molar-refractivity contribution in [2.45, 2.75) is 53.4 Å². The minimum atomic E-state index is 0. The maximum atomic E-state index is 2.31. The van der Waals surface area contributed by atoms with Gasteiger partial charge in [-0.15, -0.1) is 0 Å². The van der Waals surface area contributed by atoms with Gasteiger partial charge in [-0.25, -0.2) is 6.07 Å². The third kappa shape index (κ3) is 9.01. The van der Waals surface area contributed by atoms with Gasteiger partial charge in [0, 0.05) is 0 Å². The van der Waals surface area contributed by atoms with Crippen LogP contribution in [0.1, 0.15) is 61.8 Å². The molecular weight excluding hydrogens is 466 g/mol. The molecule has 0 atom stereocenters. The summed E-state index contributed by atoms with van der Waals surface area (Å²) in [7, 11) is 0. The van der Waals surface area contributed by atoms with Crippen molar-refractivity contribution in [3.8, 4) is 0 Å². The number of hydrogen-bond donors (Lipinski definition) is 0. The average Bonchev–Trinajstić information content (AvgIpc) is 2.90. The van der Waals surface area contributed by atoms with Gasteiger partial charge >= 0.3 is 25.8 Å². The summed E-state index contributed by atoms with van der Waals surface area (Å²) in [5.74, 6) is 1.34. The molecule has 0 aliphatic carbocycles. The Morgan fingerprint density at radius 2 is 1.29 bits per heavy atom. The summed E-state index contributed by atoms with van der Waals surface area (Å²) in [5.41, 5.74) is 5.71. The van der Waals surface area contributed by atoms with Crippen LogP contribution in [0.4, 0.5) is 0 Å². The Kier molecular flexibility index (Phi) is 15.7. The Bertz CT molecular complexity index is 428. The molecule has 0 N–H and O–H groups in total. The molecule has 0 fully saturated rings. The van der Waals surface area contributed by atoms with Crippen LogP contribution in [0.25, 0.3) is 0 Å². The van der Waals surface area contributed by atoms with Crippen molar-refractivity contribution in [1.29, 1.82) is 0 Å². The van der Waals surface area contributed by atoms with Crippen LogP contribution in [0.3, 0.4) is 0 Å². The van der Waals surface area contributed by atoms with Crippen LogP contribution in [0.2, 0.25) is 0 Å². The summed E-state index contributed by atoms with van der Waals surface area (Å²) in [6.07, 6.45) is 0. The first-order valence-corrected chi connectivity index (χ1v) is 6.87. The number of rotatable bonds is 2. The molecule has 0 amide bonds. The zero-order chi connectivity index (χ0) is 13.7. The minimum Gasteiger partial charge on any atom is -1.00 e. The fraction of sp³-hybridized carbons (Fsp3) is 0.444. The SMILES string of the molecule is CC(C)c1c[cH-]c(C(C)C)c1.Cc1c[cH-]cc1C.[Cl-].[Cl-].[Hf+4]. The van der Waals surface area contributed by atoms with Crippen molar-refractivity contribution in [3.05, 3.63) is 58.7 Å². The standard InChI is InChI=1S/C11H17.C7H9.2ClH.Hf/c1-8(2)10-5-6-11(7-10)9(3)4;1-6-4-3-5-7(6)2;;;/h5-9H,1-4H3;3-5H,1-2H3;2*1H;/q2*-1;;;+4/p-2. The van der Waals surface area contributed by atoms with E-state index in [1.165, 1.54) is 22.3 Å². The summed E-state index contributed by atoms with van der Waals surface area (Å²) in [6, 6.07) is 13.1. The van der Waals surface area contributed by atoms with Crippen LogP contribution in [0.5, 0.6) is 0 Å². The molecule has 116 valence electrons. The van der Waals surface area contributed by atoms with Crippen molar-refractivity contribution >= 4 is 0 Å². The van der Waals surface area contributed by atoms with Crippen LogP contribution in [-0.2, 0) is 25.8 Å². The molecule has 0 spiro atoms. The monoisotopic (exact) mass is 492 g/mol. The van der Waals surface area contributed by atoms with E-state index in [1.807, 2.05) is 0 Å². The van der Waals surface area contributed by atoms with Crippen LogP contribution >= 0.6 is 0 Å². The molecule has 0 radical (unpaired) electrons. The Morgan fingerprint density at radius 3 is 1.48 bits per heavy atom. The maximum Gasteiger partial charge on any atom is 4.00 e. The second kappa shape index (κ2) is 12.7. The van der Waals surface area contributed by atoms with Crippen molar-refractivity contribution in [3.63, 3.8) is 0 Å². The molecule has 0 aromatic heterocycles. The molecule has 0 saturated heterocycles. The van der Waals surface area contributed by atoms with E-state index in [0.717, 1.165) is 0 Å². The van der Waals surface area contributed by atoms with Gasteiger partial charge < -0.3 is 24.8 Å². The Hall–Kier alpha value is 0.150. The summed E-state index contributed by atoms with van der Waals surface area (Å²) < 4.78 is 0. The van der Waals surface area contributed by atoms with Gasteiger partial charge in [0.15, 0.2) is 0 Å². The Morgan fingerprint density at radius 1 is 0.810 bits per heavy atom. The van der Waals surface area contributed by atoms with Crippen molar-refractivity contribution in [2.75, 3.05) is 0 Å². The molecule has 2 aromatic carbocycles. The van der Waals surface area contributed by atoms with E-state index >= 15 is 0 Å². The normalized spacial score (nSPS) is 9.14. The molecule has 21 heavy (non-hydrogen) atoms. The molecule has 0 heterocycles. The maximum absolute atomic E-state index is 2.31. The van der Waals surface area contributed by atoms with Gasteiger partial charge in [0.05, 0.1) is 0 Å². The van der Waals surface area contributed by atoms with Gasteiger partial charge in [-0.3, -0.25) is 0 Å². The molecular formula is C18H26Cl2Hf. The zero-order valence-corrected chi connectivity index (χ0v) is 19.0. The molecule has 2 aromatic rings. The van der Waals surface area contributed by atoms with E-state index < -0.39 is 0 Å². The van der Waals surface area contributed by atoms with E-state index in [4.69, 9.17) is 0 Å². The fourth-order valence-electron chi connectivity index (χ4n) is 1.80. The molecule has 3 heteroatoms. The van der Waals surface area contributed by atoms with Crippen LogP contribution in [0, 0.1) is 13.8 Å². The largest absolute Gasteiger partial charge is 4.00 e. The molecule has 0 aliphatic rings. The summed E-state index contributed by atoms with van der Waals surface area (Å²) in [6.45, 7) is 13.2. The number of hydrogen-bond acceptors (Lipinski definition) is 0. The fourth-order valence-corrected chi connectivity index (χ4v) is 1.80. The Labute approximate surface area is 162 Å². The van der Waals surface area contributed by atoms with E-state index in [2.05, 4.69) is 77.9 Å². The Balaban J connectivity index is -0.000000288. The zero-order valence-electron chi connectivity index (χ0n) is 13.9. The summed E-state index contributed by atoms with van der Waals surface area (Å²) in [5, 5.41) is 0. The molecule has 0 bridgehead atoms.